The number of nitrogens with one attached hydrogen (secondary N) is 1. The molecule has 1 rings (SSSR count). The van der Waals surface area contributed by atoms with Gasteiger partial charge in [0.1, 0.15) is 6.54 Å². The summed E-state index contributed by atoms with van der Waals surface area (Å²) in [7, 11) is 0. The van der Waals surface area contributed by atoms with E-state index in [1.54, 1.807) is 0 Å². The van der Waals surface area contributed by atoms with Crippen LogP contribution in [0.15, 0.2) is 0 Å². The standard InChI is InChI=1S/C13H24N2O4/c1-13(2,3)15(9-11(16)17)12(18)14-7-6-10-5-4-8-19-10/h10H,4-9H2,1-3H3,(H,14,18)(H,16,17). The quantitative estimate of drug-likeness (QED) is 0.794. The van der Waals surface area contributed by atoms with Crippen molar-refractivity contribution < 1.29 is 19.4 Å². The lowest BCUT2D eigenvalue weighted by Gasteiger charge is -2.34. The van der Waals surface area contributed by atoms with Gasteiger partial charge in [-0.05, 0) is 40.0 Å². The van der Waals surface area contributed by atoms with E-state index in [4.69, 9.17) is 9.84 Å². The molecule has 0 radical (unpaired) electrons. The Morgan fingerprint density at radius 1 is 1.42 bits per heavy atom. The molecule has 0 bridgehead atoms. The van der Waals surface area contributed by atoms with Crippen molar-refractivity contribution >= 4 is 12.0 Å². The third-order valence-electron chi connectivity index (χ3n) is 3.11. The molecular formula is C13H24N2O4. The van der Waals surface area contributed by atoms with Gasteiger partial charge in [0.25, 0.3) is 0 Å². The van der Waals surface area contributed by atoms with Crippen molar-refractivity contribution in [2.75, 3.05) is 19.7 Å². The van der Waals surface area contributed by atoms with E-state index < -0.39 is 11.5 Å². The fourth-order valence-corrected chi connectivity index (χ4v) is 2.06. The zero-order valence-electron chi connectivity index (χ0n) is 11.9. The van der Waals surface area contributed by atoms with Crippen molar-refractivity contribution in [3.8, 4) is 0 Å². The van der Waals surface area contributed by atoms with Gasteiger partial charge in [0.05, 0.1) is 6.10 Å². The van der Waals surface area contributed by atoms with Gasteiger partial charge in [0.2, 0.25) is 0 Å². The molecule has 0 aromatic heterocycles. The molecule has 1 aliphatic rings. The van der Waals surface area contributed by atoms with Gasteiger partial charge in [-0.2, -0.15) is 0 Å². The summed E-state index contributed by atoms with van der Waals surface area (Å²) in [5.41, 5.74) is -0.521. The number of carbonyl (C=O) groups excluding carboxylic acids is 1. The maximum absolute atomic E-state index is 12.0. The van der Waals surface area contributed by atoms with Gasteiger partial charge in [-0.3, -0.25) is 4.79 Å². The van der Waals surface area contributed by atoms with Crippen LogP contribution in [0.25, 0.3) is 0 Å². The Morgan fingerprint density at radius 2 is 2.11 bits per heavy atom. The number of ether oxygens (including phenoxy) is 1. The number of nitrogens with zero attached hydrogens (tertiary/aromatic N) is 1. The molecule has 110 valence electrons. The third kappa shape index (κ3) is 5.46. The normalized spacial score (nSPS) is 19.2. The van der Waals surface area contributed by atoms with E-state index in [2.05, 4.69) is 5.32 Å². The zero-order valence-corrected chi connectivity index (χ0v) is 11.9. The van der Waals surface area contributed by atoms with E-state index in [9.17, 15) is 9.59 Å². The highest BCUT2D eigenvalue weighted by Gasteiger charge is 2.28. The minimum Gasteiger partial charge on any atom is -0.480 e. The number of carboxylic acids is 1. The highest BCUT2D eigenvalue weighted by Crippen LogP contribution is 2.15. The van der Waals surface area contributed by atoms with Crippen LogP contribution in [0.2, 0.25) is 0 Å². The van der Waals surface area contributed by atoms with Gasteiger partial charge < -0.3 is 20.1 Å². The number of hydrogen-bond acceptors (Lipinski definition) is 3. The number of carbonyl (C=O) groups is 2. The van der Waals surface area contributed by atoms with E-state index in [0.29, 0.717) is 6.54 Å². The lowest BCUT2D eigenvalue weighted by Crippen LogP contribution is -2.52. The highest BCUT2D eigenvalue weighted by atomic mass is 16.5. The fraction of sp³-hybridized carbons (Fsp3) is 0.846. The summed E-state index contributed by atoms with van der Waals surface area (Å²) in [5, 5.41) is 11.6. The molecule has 0 aliphatic carbocycles. The first kappa shape index (κ1) is 15.8. The fourth-order valence-electron chi connectivity index (χ4n) is 2.06. The monoisotopic (exact) mass is 272 g/mol. The van der Waals surface area contributed by atoms with Gasteiger partial charge >= 0.3 is 12.0 Å². The number of amides is 2. The van der Waals surface area contributed by atoms with Crippen LogP contribution in [-0.4, -0.2) is 53.3 Å². The second-order valence-electron chi connectivity index (χ2n) is 5.81. The second kappa shape index (κ2) is 6.75. The number of aliphatic carboxylic acids is 1. The summed E-state index contributed by atoms with van der Waals surface area (Å²) < 4.78 is 5.47. The predicted octanol–water partition coefficient (Wildman–Crippen LogP) is 1.45. The molecule has 1 heterocycles. The van der Waals surface area contributed by atoms with Crippen LogP contribution in [0.5, 0.6) is 0 Å². The first-order valence-corrected chi connectivity index (χ1v) is 6.69. The van der Waals surface area contributed by atoms with Crippen LogP contribution in [0, 0.1) is 0 Å². The molecule has 1 atom stereocenters. The van der Waals surface area contributed by atoms with Crippen molar-refractivity contribution in [2.45, 2.75) is 51.7 Å². The van der Waals surface area contributed by atoms with Crippen LogP contribution < -0.4 is 5.32 Å². The van der Waals surface area contributed by atoms with Gasteiger partial charge in [-0.1, -0.05) is 0 Å². The van der Waals surface area contributed by atoms with Gasteiger partial charge in [0, 0.05) is 18.7 Å². The van der Waals surface area contributed by atoms with Crippen LogP contribution >= 0.6 is 0 Å². The number of hydrogen-bond donors (Lipinski definition) is 2. The van der Waals surface area contributed by atoms with Crippen LogP contribution in [0.4, 0.5) is 4.79 Å². The van der Waals surface area contributed by atoms with Crippen molar-refractivity contribution in [1.29, 1.82) is 0 Å². The molecule has 1 fully saturated rings. The third-order valence-corrected chi connectivity index (χ3v) is 3.11. The van der Waals surface area contributed by atoms with Gasteiger partial charge in [0.15, 0.2) is 0 Å². The molecule has 0 spiro atoms. The lowest BCUT2D eigenvalue weighted by molar-refractivity contribution is -0.138. The molecule has 19 heavy (non-hydrogen) atoms. The minimum atomic E-state index is -1.01. The molecule has 0 saturated carbocycles. The predicted molar refractivity (Wildman–Crippen MR) is 71.1 cm³/mol. The second-order valence-corrected chi connectivity index (χ2v) is 5.81. The van der Waals surface area contributed by atoms with Crippen molar-refractivity contribution in [3.05, 3.63) is 0 Å². The molecule has 1 unspecified atom stereocenters. The summed E-state index contributed by atoms with van der Waals surface area (Å²) in [6.45, 7) is 6.46. The Labute approximate surface area is 114 Å². The topological polar surface area (TPSA) is 78.9 Å². The Balaban J connectivity index is 2.40. The van der Waals surface area contributed by atoms with E-state index >= 15 is 0 Å². The smallest absolute Gasteiger partial charge is 0.323 e. The summed E-state index contributed by atoms with van der Waals surface area (Å²) in [6.07, 6.45) is 3.11. The Hall–Kier alpha value is -1.30. The summed E-state index contributed by atoms with van der Waals surface area (Å²) in [5.74, 6) is -1.01. The highest BCUT2D eigenvalue weighted by molar-refractivity contribution is 5.80. The number of urea groups is 1. The van der Waals surface area contributed by atoms with E-state index in [1.807, 2.05) is 20.8 Å². The summed E-state index contributed by atoms with van der Waals surface area (Å²) in [6, 6.07) is -0.340. The maximum atomic E-state index is 12.0. The zero-order chi connectivity index (χ0) is 14.5. The largest absolute Gasteiger partial charge is 0.480 e. The SMILES string of the molecule is CC(C)(C)N(CC(=O)O)C(=O)NCCC1CCCO1. The summed E-state index contributed by atoms with van der Waals surface area (Å²) >= 11 is 0. The maximum Gasteiger partial charge on any atom is 0.323 e. The van der Waals surface area contributed by atoms with Crippen LogP contribution in [0.3, 0.4) is 0 Å². The van der Waals surface area contributed by atoms with Crippen molar-refractivity contribution in [2.24, 2.45) is 0 Å². The van der Waals surface area contributed by atoms with Crippen molar-refractivity contribution in [1.82, 2.24) is 10.2 Å². The molecule has 6 nitrogen and oxygen atoms in total. The molecule has 0 aromatic rings. The first-order chi connectivity index (χ1) is 8.80. The Bertz CT molecular complexity index is 319. The molecule has 6 heteroatoms. The van der Waals surface area contributed by atoms with E-state index in [-0.39, 0.29) is 18.7 Å². The molecular weight excluding hydrogens is 248 g/mol. The van der Waals surface area contributed by atoms with E-state index in [0.717, 1.165) is 25.9 Å². The molecule has 2 amide bonds. The average Bonchev–Trinajstić information content (AvgIpc) is 2.77. The molecule has 1 saturated heterocycles. The van der Waals surface area contributed by atoms with Gasteiger partial charge in [-0.25, -0.2) is 4.79 Å². The number of rotatable bonds is 5. The Morgan fingerprint density at radius 3 is 2.58 bits per heavy atom. The Kier molecular flexibility index (Phi) is 5.60. The van der Waals surface area contributed by atoms with Crippen LogP contribution in [-0.2, 0) is 9.53 Å². The first-order valence-electron chi connectivity index (χ1n) is 6.69. The number of carboxylic acid groups (broad SMARTS) is 1. The molecule has 0 aromatic carbocycles. The molecule has 1 aliphatic heterocycles. The minimum absolute atomic E-state index is 0.225. The van der Waals surface area contributed by atoms with E-state index in [1.165, 1.54) is 4.90 Å². The van der Waals surface area contributed by atoms with Crippen molar-refractivity contribution in [3.63, 3.8) is 0 Å². The van der Waals surface area contributed by atoms with Gasteiger partial charge in [-0.15, -0.1) is 0 Å². The average molecular weight is 272 g/mol. The summed E-state index contributed by atoms with van der Waals surface area (Å²) in [4.78, 5) is 24.1. The van der Waals surface area contributed by atoms with Crippen LogP contribution in [0.1, 0.15) is 40.0 Å². The lowest BCUT2D eigenvalue weighted by atomic mass is 10.1. The molecule has 2 N–H and O–H groups in total.